The zero-order valence-corrected chi connectivity index (χ0v) is 13.0. The van der Waals surface area contributed by atoms with Crippen molar-refractivity contribution < 1.29 is 13.5 Å². The Hall–Kier alpha value is -0.140. The average molecular weight is 312 g/mol. The van der Waals surface area contributed by atoms with Crippen LogP contribution in [0.5, 0.6) is 0 Å². The molecule has 0 fully saturated rings. The Morgan fingerprint density at radius 2 is 2.11 bits per heavy atom. The second-order valence-electron chi connectivity index (χ2n) is 4.98. The van der Waals surface area contributed by atoms with E-state index in [2.05, 4.69) is 4.72 Å². The molecule has 0 radical (unpaired) electrons. The molecule has 2 N–H and O–H groups in total. The van der Waals surface area contributed by atoms with Crippen LogP contribution >= 0.6 is 22.9 Å². The van der Waals surface area contributed by atoms with Crippen LogP contribution < -0.4 is 4.72 Å². The zero-order chi connectivity index (χ0) is 14.0. The fraction of sp³-hybridized carbons (Fsp3) is 0.636. The van der Waals surface area contributed by atoms with E-state index < -0.39 is 10.0 Å². The minimum Gasteiger partial charge on any atom is -0.396 e. The van der Waals surface area contributed by atoms with Gasteiger partial charge in [-0.15, -0.1) is 11.3 Å². The molecule has 0 amide bonds. The van der Waals surface area contributed by atoms with E-state index in [9.17, 15) is 8.42 Å². The van der Waals surface area contributed by atoms with Crippen molar-refractivity contribution in [3.63, 3.8) is 0 Å². The topological polar surface area (TPSA) is 66.4 Å². The summed E-state index contributed by atoms with van der Waals surface area (Å²) < 4.78 is 27.3. The molecule has 1 aromatic rings. The van der Waals surface area contributed by atoms with Crippen LogP contribution in [-0.4, -0.2) is 26.7 Å². The monoisotopic (exact) mass is 311 g/mol. The van der Waals surface area contributed by atoms with Crippen molar-refractivity contribution in [3.05, 3.63) is 16.0 Å². The van der Waals surface area contributed by atoms with Gasteiger partial charge in [-0.25, -0.2) is 13.1 Å². The number of thiophene rings is 1. The highest BCUT2D eigenvalue weighted by Crippen LogP contribution is 2.30. The van der Waals surface area contributed by atoms with Gasteiger partial charge in [0.15, 0.2) is 0 Å². The Morgan fingerprint density at radius 3 is 2.56 bits per heavy atom. The van der Waals surface area contributed by atoms with Gasteiger partial charge in [0.25, 0.3) is 0 Å². The summed E-state index contributed by atoms with van der Waals surface area (Å²) in [6.07, 6.45) is 0.541. The highest BCUT2D eigenvalue weighted by Gasteiger charge is 2.23. The van der Waals surface area contributed by atoms with Crippen LogP contribution in [-0.2, 0) is 10.0 Å². The van der Waals surface area contributed by atoms with Gasteiger partial charge in [-0.05, 0) is 30.4 Å². The molecule has 0 aromatic carbocycles. The Morgan fingerprint density at radius 1 is 1.50 bits per heavy atom. The third-order valence-corrected chi connectivity index (χ3v) is 6.06. The van der Waals surface area contributed by atoms with E-state index >= 15 is 0 Å². The summed E-state index contributed by atoms with van der Waals surface area (Å²) in [4.78, 5) is 0. The fourth-order valence-corrected chi connectivity index (χ4v) is 4.31. The van der Waals surface area contributed by atoms with Crippen molar-refractivity contribution in [1.29, 1.82) is 0 Å². The van der Waals surface area contributed by atoms with Crippen LogP contribution in [0.15, 0.2) is 10.3 Å². The largest absolute Gasteiger partial charge is 0.396 e. The normalized spacial score (nSPS) is 12.9. The Labute approximate surface area is 117 Å². The third-order valence-electron chi connectivity index (χ3n) is 2.63. The van der Waals surface area contributed by atoms with Crippen LogP contribution in [0.4, 0.5) is 0 Å². The molecule has 0 spiro atoms. The first-order chi connectivity index (χ1) is 8.18. The summed E-state index contributed by atoms with van der Waals surface area (Å²) >= 11 is 6.92. The summed E-state index contributed by atoms with van der Waals surface area (Å²) in [7, 11) is -3.51. The van der Waals surface area contributed by atoms with E-state index in [1.165, 1.54) is 0 Å². The molecular formula is C11H18ClNO3S2. The summed E-state index contributed by atoms with van der Waals surface area (Å²) in [6.45, 7) is 5.90. The van der Waals surface area contributed by atoms with E-state index in [-0.39, 0.29) is 22.8 Å². The molecular weight excluding hydrogens is 294 g/mol. The van der Waals surface area contributed by atoms with Gasteiger partial charge in [0.05, 0.1) is 4.34 Å². The maximum Gasteiger partial charge on any atom is 0.250 e. The first-order valence-electron chi connectivity index (χ1n) is 5.54. The number of hydrogen-bond donors (Lipinski definition) is 2. The molecule has 1 heterocycles. The molecule has 0 aliphatic carbocycles. The van der Waals surface area contributed by atoms with Gasteiger partial charge in [0.1, 0.15) is 4.21 Å². The maximum atomic E-state index is 12.0. The molecule has 7 heteroatoms. The lowest BCUT2D eigenvalue weighted by molar-refractivity contribution is 0.213. The number of aliphatic hydroxyl groups is 1. The molecule has 0 aliphatic rings. The van der Waals surface area contributed by atoms with Crippen molar-refractivity contribution in [1.82, 2.24) is 4.72 Å². The van der Waals surface area contributed by atoms with Gasteiger partial charge in [-0.1, -0.05) is 25.4 Å². The summed E-state index contributed by atoms with van der Waals surface area (Å²) in [5, 5.41) is 8.90. The smallest absolute Gasteiger partial charge is 0.250 e. The highest BCUT2D eigenvalue weighted by molar-refractivity contribution is 7.91. The molecule has 0 unspecified atom stereocenters. The van der Waals surface area contributed by atoms with Crippen LogP contribution in [0, 0.1) is 12.3 Å². The second-order valence-corrected chi connectivity index (χ2v) is 8.63. The molecule has 0 saturated heterocycles. The number of rotatable bonds is 6. The molecule has 1 aromatic heterocycles. The van der Waals surface area contributed by atoms with Gasteiger partial charge in [-0.2, -0.15) is 0 Å². The first kappa shape index (κ1) is 15.9. The minimum atomic E-state index is -3.51. The summed E-state index contributed by atoms with van der Waals surface area (Å²) in [5.74, 6) is 0. The number of aryl methyl sites for hydroxylation is 1. The maximum absolute atomic E-state index is 12.0. The summed E-state index contributed by atoms with van der Waals surface area (Å²) in [5.41, 5.74) is 0.481. The quantitative estimate of drug-likeness (QED) is 0.847. The predicted octanol–water partition coefficient (Wildman–Crippen LogP) is 2.40. The van der Waals surface area contributed by atoms with E-state index in [0.29, 0.717) is 10.8 Å². The average Bonchev–Trinajstić information content (AvgIpc) is 2.58. The first-order valence-corrected chi connectivity index (χ1v) is 8.22. The third kappa shape index (κ3) is 4.20. The van der Waals surface area contributed by atoms with Crippen molar-refractivity contribution in [2.24, 2.45) is 5.41 Å². The molecule has 104 valence electrons. The molecule has 1 rings (SSSR count). The van der Waals surface area contributed by atoms with Gasteiger partial charge in [0.2, 0.25) is 10.0 Å². The predicted molar refractivity (Wildman–Crippen MR) is 74.7 cm³/mol. The lowest BCUT2D eigenvalue weighted by Gasteiger charge is -2.23. The number of sulfonamides is 1. The van der Waals surface area contributed by atoms with Gasteiger partial charge >= 0.3 is 0 Å². The van der Waals surface area contributed by atoms with Crippen LogP contribution in [0.25, 0.3) is 0 Å². The van der Waals surface area contributed by atoms with Crippen molar-refractivity contribution in [2.45, 2.75) is 31.4 Å². The van der Waals surface area contributed by atoms with Crippen molar-refractivity contribution in [2.75, 3.05) is 13.2 Å². The van der Waals surface area contributed by atoms with Crippen LogP contribution in [0.1, 0.15) is 25.8 Å². The fourth-order valence-electron chi connectivity index (χ4n) is 1.32. The van der Waals surface area contributed by atoms with Gasteiger partial charge in [-0.3, -0.25) is 0 Å². The Kier molecular flexibility index (Phi) is 5.20. The highest BCUT2D eigenvalue weighted by atomic mass is 35.5. The summed E-state index contributed by atoms with van der Waals surface area (Å²) in [6, 6.07) is 1.56. The molecule has 0 aliphatic heterocycles. The van der Waals surface area contributed by atoms with Crippen LogP contribution in [0.2, 0.25) is 4.34 Å². The molecule has 0 saturated carbocycles. The number of aliphatic hydroxyl groups excluding tert-OH is 1. The lowest BCUT2D eigenvalue weighted by Crippen LogP contribution is -2.34. The minimum absolute atomic E-state index is 0.0403. The molecule has 0 atom stereocenters. The van der Waals surface area contributed by atoms with Crippen LogP contribution in [0.3, 0.4) is 0 Å². The lowest BCUT2D eigenvalue weighted by atomic mass is 9.90. The Bertz CT molecular complexity index is 489. The van der Waals surface area contributed by atoms with E-state index in [1.54, 1.807) is 13.0 Å². The van der Waals surface area contributed by atoms with E-state index in [4.69, 9.17) is 16.7 Å². The van der Waals surface area contributed by atoms with Crippen molar-refractivity contribution in [3.8, 4) is 0 Å². The SMILES string of the molecule is Cc1cc(S(=O)(=O)NCC(C)(C)CCO)sc1Cl. The molecule has 4 nitrogen and oxygen atoms in total. The van der Waals surface area contributed by atoms with Gasteiger partial charge < -0.3 is 5.11 Å². The standard InChI is InChI=1S/C11H18ClNO3S2/c1-8-6-9(17-10(8)12)18(15,16)13-7-11(2,3)4-5-14/h6,13-14H,4-5,7H2,1-3H3. The van der Waals surface area contributed by atoms with Crippen molar-refractivity contribution >= 4 is 33.0 Å². The van der Waals surface area contributed by atoms with E-state index in [0.717, 1.165) is 16.9 Å². The second kappa shape index (κ2) is 5.88. The molecule has 0 bridgehead atoms. The number of nitrogens with one attached hydrogen (secondary N) is 1. The van der Waals surface area contributed by atoms with Gasteiger partial charge in [0, 0.05) is 13.2 Å². The molecule has 18 heavy (non-hydrogen) atoms. The number of halogens is 1. The van der Waals surface area contributed by atoms with E-state index in [1.807, 2.05) is 13.8 Å². The zero-order valence-electron chi connectivity index (χ0n) is 10.7. The number of hydrogen-bond acceptors (Lipinski definition) is 4. The Balaban J connectivity index is 2.77.